The van der Waals surface area contributed by atoms with Crippen LogP contribution in [0.3, 0.4) is 0 Å². The Bertz CT molecular complexity index is 658. The second-order valence-electron chi connectivity index (χ2n) is 4.88. The van der Waals surface area contributed by atoms with E-state index in [1.54, 1.807) is 31.2 Å². The number of aryl methyl sites for hydroxylation is 2. The van der Waals surface area contributed by atoms with Crippen molar-refractivity contribution in [1.82, 2.24) is 5.43 Å². The Kier molecular flexibility index (Phi) is 5.22. The van der Waals surface area contributed by atoms with Gasteiger partial charge < -0.3 is 9.15 Å². The van der Waals surface area contributed by atoms with Gasteiger partial charge in [0.25, 0.3) is 5.91 Å². The van der Waals surface area contributed by atoms with Gasteiger partial charge in [0.15, 0.2) is 6.10 Å². The summed E-state index contributed by atoms with van der Waals surface area (Å²) < 4.78 is 10.7. The fourth-order valence-corrected chi connectivity index (χ4v) is 1.96. The topological polar surface area (TPSA) is 63.8 Å². The van der Waals surface area contributed by atoms with Crippen molar-refractivity contribution in [3.63, 3.8) is 0 Å². The minimum absolute atomic E-state index is 0.354. The molecule has 0 bridgehead atoms. The lowest BCUT2D eigenvalue weighted by Crippen LogP contribution is -2.33. The molecule has 1 aromatic heterocycles. The van der Waals surface area contributed by atoms with Crippen LogP contribution in [0, 0.1) is 13.8 Å². The standard InChI is InChI=1S/C16H17ClN2O3/c1-10-7-14(8-11(2)15(10)17)22-12(3)16(20)19-18-9-13-5-4-6-21-13/h4-9,12H,1-3H3,(H,19,20). The van der Waals surface area contributed by atoms with E-state index in [1.807, 2.05) is 13.8 Å². The third kappa shape index (κ3) is 4.11. The lowest BCUT2D eigenvalue weighted by molar-refractivity contribution is -0.127. The second kappa shape index (κ2) is 7.13. The van der Waals surface area contributed by atoms with Crippen LogP contribution in [0.25, 0.3) is 0 Å². The van der Waals surface area contributed by atoms with E-state index in [2.05, 4.69) is 10.5 Å². The number of benzene rings is 1. The summed E-state index contributed by atoms with van der Waals surface area (Å²) in [6.07, 6.45) is 2.26. The molecule has 0 spiro atoms. The number of amides is 1. The van der Waals surface area contributed by atoms with E-state index in [-0.39, 0.29) is 5.91 Å². The molecule has 1 N–H and O–H groups in total. The number of carbonyl (C=O) groups is 1. The molecule has 0 aliphatic carbocycles. The summed E-state index contributed by atoms with van der Waals surface area (Å²) in [5.74, 6) is 0.794. The summed E-state index contributed by atoms with van der Waals surface area (Å²) in [5, 5.41) is 4.51. The molecule has 1 amide bonds. The Hall–Kier alpha value is -2.27. The minimum Gasteiger partial charge on any atom is -0.481 e. The van der Waals surface area contributed by atoms with Crippen molar-refractivity contribution in [2.45, 2.75) is 26.9 Å². The first kappa shape index (κ1) is 16.1. The lowest BCUT2D eigenvalue weighted by Gasteiger charge is -2.14. The number of ether oxygens (including phenoxy) is 1. The predicted octanol–water partition coefficient (Wildman–Crippen LogP) is 3.47. The van der Waals surface area contributed by atoms with Crippen molar-refractivity contribution in [1.29, 1.82) is 0 Å². The SMILES string of the molecule is Cc1cc(OC(C)C(=O)NN=Cc2ccco2)cc(C)c1Cl. The largest absolute Gasteiger partial charge is 0.481 e. The molecule has 116 valence electrons. The Morgan fingerprint density at radius 2 is 2.09 bits per heavy atom. The van der Waals surface area contributed by atoms with Crippen molar-refractivity contribution in [3.05, 3.63) is 52.4 Å². The molecule has 2 aromatic rings. The van der Waals surface area contributed by atoms with Gasteiger partial charge in [0.1, 0.15) is 11.5 Å². The molecule has 0 fully saturated rings. The normalized spacial score (nSPS) is 12.4. The average Bonchev–Trinajstić information content (AvgIpc) is 2.97. The van der Waals surface area contributed by atoms with Crippen molar-refractivity contribution < 1.29 is 13.9 Å². The summed E-state index contributed by atoms with van der Waals surface area (Å²) in [5.41, 5.74) is 4.21. The highest BCUT2D eigenvalue weighted by atomic mass is 35.5. The van der Waals surface area contributed by atoms with E-state index in [9.17, 15) is 4.79 Å². The van der Waals surface area contributed by atoms with Crippen LogP contribution in [0.5, 0.6) is 5.75 Å². The molecule has 0 radical (unpaired) electrons. The number of nitrogens with zero attached hydrogens (tertiary/aromatic N) is 1. The summed E-state index contributed by atoms with van der Waals surface area (Å²) in [4.78, 5) is 11.9. The first-order valence-electron chi connectivity index (χ1n) is 6.77. The first-order chi connectivity index (χ1) is 10.5. The monoisotopic (exact) mass is 320 g/mol. The molecule has 1 heterocycles. The summed E-state index contributed by atoms with van der Waals surface area (Å²) >= 11 is 6.10. The van der Waals surface area contributed by atoms with E-state index in [1.165, 1.54) is 12.5 Å². The van der Waals surface area contributed by atoms with E-state index in [0.29, 0.717) is 16.5 Å². The quantitative estimate of drug-likeness (QED) is 0.677. The van der Waals surface area contributed by atoms with Gasteiger partial charge in [-0.1, -0.05) is 11.6 Å². The number of hydrogen-bond acceptors (Lipinski definition) is 4. The van der Waals surface area contributed by atoms with Crippen LogP contribution in [0.4, 0.5) is 0 Å². The average molecular weight is 321 g/mol. The fourth-order valence-electron chi connectivity index (χ4n) is 1.85. The molecule has 0 aliphatic rings. The highest BCUT2D eigenvalue weighted by Gasteiger charge is 2.15. The van der Waals surface area contributed by atoms with Crippen LogP contribution >= 0.6 is 11.6 Å². The zero-order valence-corrected chi connectivity index (χ0v) is 13.3. The Morgan fingerprint density at radius 3 is 2.68 bits per heavy atom. The van der Waals surface area contributed by atoms with Gasteiger partial charge >= 0.3 is 0 Å². The molecule has 1 atom stereocenters. The van der Waals surface area contributed by atoms with Gasteiger partial charge in [0.2, 0.25) is 0 Å². The van der Waals surface area contributed by atoms with Gasteiger partial charge in [0.05, 0.1) is 12.5 Å². The van der Waals surface area contributed by atoms with Gasteiger partial charge in [-0.3, -0.25) is 4.79 Å². The van der Waals surface area contributed by atoms with E-state index >= 15 is 0 Å². The number of halogens is 1. The van der Waals surface area contributed by atoms with Gasteiger partial charge in [-0.2, -0.15) is 5.10 Å². The van der Waals surface area contributed by atoms with Crippen molar-refractivity contribution >= 4 is 23.7 Å². The van der Waals surface area contributed by atoms with Gasteiger partial charge in [-0.15, -0.1) is 0 Å². The third-order valence-corrected chi connectivity index (χ3v) is 3.60. The molecule has 0 saturated heterocycles. The Balaban J connectivity index is 1.94. The molecule has 6 heteroatoms. The Morgan fingerprint density at radius 1 is 1.41 bits per heavy atom. The molecule has 0 aliphatic heterocycles. The highest BCUT2D eigenvalue weighted by Crippen LogP contribution is 2.26. The van der Waals surface area contributed by atoms with Crippen LogP contribution in [-0.2, 0) is 4.79 Å². The van der Waals surface area contributed by atoms with E-state index < -0.39 is 6.10 Å². The summed E-state index contributed by atoms with van der Waals surface area (Å²) in [6.45, 7) is 5.43. The smallest absolute Gasteiger partial charge is 0.280 e. The van der Waals surface area contributed by atoms with Gasteiger partial charge in [-0.05, 0) is 56.2 Å². The van der Waals surface area contributed by atoms with Crippen LogP contribution in [0.1, 0.15) is 23.8 Å². The predicted molar refractivity (Wildman–Crippen MR) is 85.5 cm³/mol. The number of furan rings is 1. The van der Waals surface area contributed by atoms with Gasteiger partial charge in [-0.25, -0.2) is 5.43 Å². The molecular formula is C16H17ClN2O3. The highest BCUT2D eigenvalue weighted by molar-refractivity contribution is 6.32. The summed E-state index contributed by atoms with van der Waals surface area (Å²) in [6, 6.07) is 7.06. The maximum Gasteiger partial charge on any atom is 0.280 e. The fraction of sp³-hybridized carbons (Fsp3) is 0.250. The second-order valence-corrected chi connectivity index (χ2v) is 5.26. The summed E-state index contributed by atoms with van der Waals surface area (Å²) in [7, 11) is 0. The zero-order valence-electron chi connectivity index (χ0n) is 12.6. The number of rotatable bonds is 5. The van der Waals surface area contributed by atoms with Crippen molar-refractivity contribution in [2.24, 2.45) is 5.10 Å². The Labute approximate surface area is 133 Å². The van der Waals surface area contributed by atoms with Crippen LogP contribution < -0.4 is 10.2 Å². The molecule has 1 aromatic carbocycles. The number of hydrogen-bond donors (Lipinski definition) is 1. The number of nitrogens with one attached hydrogen (secondary N) is 1. The first-order valence-corrected chi connectivity index (χ1v) is 7.15. The maximum absolute atomic E-state index is 11.9. The minimum atomic E-state index is -0.686. The van der Waals surface area contributed by atoms with Crippen molar-refractivity contribution in [2.75, 3.05) is 0 Å². The maximum atomic E-state index is 11.9. The van der Waals surface area contributed by atoms with Crippen LogP contribution in [-0.4, -0.2) is 18.2 Å². The zero-order chi connectivity index (χ0) is 16.1. The number of hydrazone groups is 1. The van der Waals surface area contributed by atoms with Crippen LogP contribution in [0.2, 0.25) is 5.02 Å². The van der Waals surface area contributed by atoms with Crippen LogP contribution in [0.15, 0.2) is 40.0 Å². The molecule has 5 nitrogen and oxygen atoms in total. The molecule has 2 rings (SSSR count). The lowest BCUT2D eigenvalue weighted by atomic mass is 10.1. The number of carbonyl (C=O) groups excluding carboxylic acids is 1. The van der Waals surface area contributed by atoms with E-state index in [0.717, 1.165) is 11.1 Å². The van der Waals surface area contributed by atoms with Crippen molar-refractivity contribution in [3.8, 4) is 5.75 Å². The molecule has 0 saturated carbocycles. The molecule has 1 unspecified atom stereocenters. The third-order valence-electron chi connectivity index (χ3n) is 3.00. The van der Waals surface area contributed by atoms with E-state index in [4.69, 9.17) is 20.8 Å². The molecule has 22 heavy (non-hydrogen) atoms. The van der Waals surface area contributed by atoms with Gasteiger partial charge in [0, 0.05) is 5.02 Å². The molecular weight excluding hydrogens is 304 g/mol.